The summed E-state index contributed by atoms with van der Waals surface area (Å²) in [6.45, 7) is 5.43. The number of nitriles is 1. The van der Waals surface area contributed by atoms with Gasteiger partial charge in [-0.3, -0.25) is 0 Å². The first-order valence-electron chi connectivity index (χ1n) is 8.88. The number of nitrogens with zero attached hydrogens (tertiary/aromatic N) is 3. The summed E-state index contributed by atoms with van der Waals surface area (Å²) >= 11 is 0. The Labute approximate surface area is 167 Å². The number of pyridine rings is 2. The van der Waals surface area contributed by atoms with Crippen molar-refractivity contribution in [1.82, 2.24) is 15.3 Å². The van der Waals surface area contributed by atoms with Crippen molar-refractivity contribution in [3.63, 3.8) is 0 Å². The van der Waals surface area contributed by atoms with Crippen LogP contribution in [0.4, 0.5) is 26.5 Å². The fraction of sp³-hybridized carbons (Fsp3) is 0.368. The number of halogens is 1. The highest BCUT2D eigenvalue weighted by molar-refractivity contribution is 5.66. The molecule has 2 heterocycles. The molecule has 1 amide bonds. The normalized spacial score (nSPS) is 12.6. The summed E-state index contributed by atoms with van der Waals surface area (Å²) in [7, 11) is 1.48. The van der Waals surface area contributed by atoms with E-state index < -0.39 is 24.0 Å². The van der Waals surface area contributed by atoms with Crippen molar-refractivity contribution in [2.75, 3.05) is 17.7 Å². The summed E-state index contributed by atoms with van der Waals surface area (Å²) in [5, 5.41) is 26.6. The van der Waals surface area contributed by atoms with E-state index in [0.717, 1.165) is 6.07 Å². The molecule has 0 radical (unpaired) electrons. The number of carboxylic acid groups (broad SMARTS) is 1. The van der Waals surface area contributed by atoms with Crippen LogP contribution in [0.3, 0.4) is 0 Å². The van der Waals surface area contributed by atoms with E-state index in [1.54, 1.807) is 19.1 Å². The second kappa shape index (κ2) is 9.54. The predicted molar refractivity (Wildman–Crippen MR) is 106 cm³/mol. The number of ether oxygens (including phenoxy) is 1. The van der Waals surface area contributed by atoms with Crippen molar-refractivity contribution >= 4 is 23.4 Å². The molecule has 0 fully saturated rings. The summed E-state index contributed by atoms with van der Waals surface area (Å²) in [6.07, 6.45) is 0.344. The van der Waals surface area contributed by atoms with Crippen LogP contribution in [-0.4, -0.2) is 40.4 Å². The molecule has 9 nitrogen and oxygen atoms in total. The first-order chi connectivity index (χ1) is 13.7. The van der Waals surface area contributed by atoms with Crippen LogP contribution >= 0.6 is 0 Å². The smallest absolute Gasteiger partial charge is 0.404 e. The lowest BCUT2D eigenvalue weighted by Crippen LogP contribution is -2.47. The van der Waals surface area contributed by atoms with Gasteiger partial charge in [-0.25, -0.2) is 19.2 Å². The van der Waals surface area contributed by atoms with Crippen LogP contribution in [0.2, 0.25) is 0 Å². The van der Waals surface area contributed by atoms with Crippen LogP contribution in [0, 0.1) is 23.1 Å². The molecule has 0 aliphatic heterocycles. The molecule has 29 heavy (non-hydrogen) atoms. The molecule has 2 rings (SSSR count). The molecular formula is C19H23FN6O3. The molecular weight excluding hydrogens is 379 g/mol. The van der Waals surface area contributed by atoms with Gasteiger partial charge in [-0.05, 0) is 25.0 Å². The molecule has 0 saturated carbocycles. The zero-order valence-electron chi connectivity index (χ0n) is 16.5. The third-order valence-electron chi connectivity index (χ3n) is 4.21. The molecule has 0 saturated heterocycles. The van der Waals surface area contributed by atoms with E-state index in [1.807, 2.05) is 19.9 Å². The highest BCUT2D eigenvalue weighted by Gasteiger charge is 2.24. The van der Waals surface area contributed by atoms with Gasteiger partial charge in [0.1, 0.15) is 6.07 Å². The van der Waals surface area contributed by atoms with Crippen molar-refractivity contribution in [1.29, 1.82) is 5.26 Å². The standard InChI is InChI=1S/C19H23FN6O3/c1-10(2)16(11(3)23-19(27)28)25-18-14(20)7-12(9-21)17(26-18)24-13-5-6-22-15(8-13)29-4/h5-8,10-11,16,23H,1-4H3,(H,27,28)(H2,22,24,25,26)/t11-,16+/m0/s1. The number of carbonyl (C=O) groups is 1. The second-order valence-corrected chi connectivity index (χ2v) is 6.69. The van der Waals surface area contributed by atoms with Crippen LogP contribution in [0.1, 0.15) is 26.3 Å². The van der Waals surface area contributed by atoms with Crippen molar-refractivity contribution in [3.05, 3.63) is 35.8 Å². The quantitative estimate of drug-likeness (QED) is 0.529. The molecule has 0 aliphatic rings. The van der Waals surface area contributed by atoms with Gasteiger partial charge in [0.05, 0.1) is 12.7 Å². The highest BCUT2D eigenvalue weighted by Crippen LogP contribution is 2.26. The molecule has 10 heteroatoms. The van der Waals surface area contributed by atoms with Gasteiger partial charge in [0, 0.05) is 30.0 Å². The lowest BCUT2D eigenvalue weighted by Gasteiger charge is -2.29. The molecule has 0 spiro atoms. The van der Waals surface area contributed by atoms with E-state index in [0.29, 0.717) is 11.6 Å². The minimum atomic E-state index is -1.17. The van der Waals surface area contributed by atoms with Crippen molar-refractivity contribution in [3.8, 4) is 11.9 Å². The number of rotatable bonds is 8. The molecule has 0 unspecified atom stereocenters. The zero-order chi connectivity index (χ0) is 21.6. The maximum absolute atomic E-state index is 14.6. The molecule has 2 atom stereocenters. The van der Waals surface area contributed by atoms with E-state index in [-0.39, 0.29) is 23.1 Å². The van der Waals surface area contributed by atoms with Gasteiger partial charge in [0.2, 0.25) is 5.88 Å². The molecule has 2 aromatic heterocycles. The van der Waals surface area contributed by atoms with E-state index >= 15 is 0 Å². The minimum absolute atomic E-state index is 0.0154. The summed E-state index contributed by atoms with van der Waals surface area (Å²) < 4.78 is 19.6. The van der Waals surface area contributed by atoms with Crippen LogP contribution < -0.4 is 20.7 Å². The third-order valence-corrected chi connectivity index (χ3v) is 4.21. The molecule has 0 bridgehead atoms. The monoisotopic (exact) mass is 402 g/mol. The molecule has 2 aromatic rings. The number of methoxy groups -OCH3 is 1. The first-order valence-corrected chi connectivity index (χ1v) is 8.88. The largest absolute Gasteiger partial charge is 0.481 e. The zero-order valence-corrected chi connectivity index (χ0v) is 16.5. The van der Waals surface area contributed by atoms with Crippen molar-refractivity contribution in [2.45, 2.75) is 32.9 Å². The Balaban J connectivity index is 2.36. The van der Waals surface area contributed by atoms with Crippen LogP contribution in [0.25, 0.3) is 0 Å². The summed E-state index contributed by atoms with van der Waals surface area (Å²) in [5.41, 5.74) is 0.571. The number of hydrogen-bond acceptors (Lipinski definition) is 7. The Morgan fingerprint density at radius 3 is 2.62 bits per heavy atom. The van der Waals surface area contributed by atoms with Crippen LogP contribution in [0.5, 0.6) is 5.88 Å². The average Bonchev–Trinajstić information content (AvgIpc) is 2.67. The predicted octanol–water partition coefficient (Wildman–Crippen LogP) is 3.33. The number of anilines is 3. The Kier molecular flexibility index (Phi) is 7.14. The molecule has 0 aromatic carbocycles. The lowest BCUT2D eigenvalue weighted by molar-refractivity contribution is 0.188. The van der Waals surface area contributed by atoms with E-state index in [4.69, 9.17) is 9.84 Å². The number of hydrogen-bond donors (Lipinski definition) is 4. The van der Waals surface area contributed by atoms with Gasteiger partial charge in [-0.1, -0.05) is 13.8 Å². The Morgan fingerprint density at radius 2 is 2.03 bits per heavy atom. The van der Waals surface area contributed by atoms with Gasteiger partial charge in [-0.15, -0.1) is 0 Å². The Bertz CT molecular complexity index is 915. The lowest BCUT2D eigenvalue weighted by atomic mass is 9.97. The summed E-state index contributed by atoms with van der Waals surface area (Å²) in [6, 6.07) is 5.29. The van der Waals surface area contributed by atoms with Gasteiger partial charge < -0.3 is 25.8 Å². The second-order valence-electron chi connectivity index (χ2n) is 6.69. The van der Waals surface area contributed by atoms with Gasteiger partial charge >= 0.3 is 6.09 Å². The van der Waals surface area contributed by atoms with E-state index in [9.17, 15) is 14.4 Å². The topological polar surface area (TPSA) is 132 Å². The molecule has 0 aliphatic carbocycles. The maximum atomic E-state index is 14.6. The summed E-state index contributed by atoms with van der Waals surface area (Å²) in [4.78, 5) is 19.2. The molecule has 4 N–H and O–H groups in total. The fourth-order valence-electron chi connectivity index (χ4n) is 2.82. The highest BCUT2D eigenvalue weighted by atomic mass is 19.1. The number of amides is 1. The molecule has 154 valence electrons. The van der Waals surface area contributed by atoms with Crippen LogP contribution in [-0.2, 0) is 0 Å². The maximum Gasteiger partial charge on any atom is 0.404 e. The SMILES string of the molecule is COc1cc(Nc2nc(N[C@H](C(C)C)[C@H](C)NC(=O)O)c(F)cc2C#N)ccn1. The fourth-order valence-corrected chi connectivity index (χ4v) is 2.82. The number of nitrogens with one attached hydrogen (secondary N) is 3. The Morgan fingerprint density at radius 1 is 1.31 bits per heavy atom. The minimum Gasteiger partial charge on any atom is -0.481 e. The average molecular weight is 402 g/mol. The first kappa shape index (κ1) is 21.7. The third kappa shape index (κ3) is 5.68. The van der Waals surface area contributed by atoms with E-state index in [1.165, 1.54) is 13.3 Å². The van der Waals surface area contributed by atoms with Crippen molar-refractivity contribution < 1.29 is 19.0 Å². The van der Waals surface area contributed by atoms with Crippen LogP contribution in [0.15, 0.2) is 24.4 Å². The van der Waals surface area contributed by atoms with Gasteiger partial charge in [0.25, 0.3) is 0 Å². The summed E-state index contributed by atoms with van der Waals surface area (Å²) in [5.74, 6) is -0.333. The van der Waals surface area contributed by atoms with E-state index in [2.05, 4.69) is 25.9 Å². The van der Waals surface area contributed by atoms with Gasteiger partial charge in [-0.2, -0.15) is 5.26 Å². The number of aromatic nitrogens is 2. The van der Waals surface area contributed by atoms with Gasteiger partial charge in [0.15, 0.2) is 17.5 Å². The Hall–Kier alpha value is -3.61. The van der Waals surface area contributed by atoms with Crippen molar-refractivity contribution in [2.24, 2.45) is 5.92 Å².